The van der Waals surface area contributed by atoms with Crippen molar-refractivity contribution in [3.05, 3.63) is 22.8 Å². The minimum atomic E-state index is -0.728. The SMILES string of the molecule is CC(C)=CC1C(C)(C)C1(C)C(=O)ON1C(=O)C2=C(CCCC2)C1=O. The van der Waals surface area contributed by atoms with Gasteiger partial charge in [0.1, 0.15) is 0 Å². The fourth-order valence-corrected chi connectivity index (χ4v) is 4.10. The lowest BCUT2D eigenvalue weighted by atomic mass is 9.93. The van der Waals surface area contributed by atoms with Crippen molar-refractivity contribution in [2.75, 3.05) is 0 Å². The minimum absolute atomic E-state index is 0.0397. The van der Waals surface area contributed by atoms with Gasteiger partial charge in [0.05, 0.1) is 5.41 Å². The molecule has 0 aromatic rings. The second-order valence-electron chi connectivity index (χ2n) is 8.09. The van der Waals surface area contributed by atoms with Crippen LogP contribution < -0.4 is 0 Å². The molecule has 1 heterocycles. The van der Waals surface area contributed by atoms with Crippen molar-refractivity contribution in [3.8, 4) is 0 Å². The molecule has 2 unspecified atom stereocenters. The first-order valence-corrected chi connectivity index (χ1v) is 8.60. The van der Waals surface area contributed by atoms with Gasteiger partial charge >= 0.3 is 5.97 Å². The number of hydroxylamine groups is 2. The lowest BCUT2D eigenvalue weighted by Gasteiger charge is -2.18. The van der Waals surface area contributed by atoms with Gasteiger partial charge in [-0.1, -0.05) is 30.6 Å². The normalized spacial score (nSPS) is 31.0. The Kier molecular flexibility index (Phi) is 3.74. The summed E-state index contributed by atoms with van der Waals surface area (Å²) in [7, 11) is 0. The Morgan fingerprint density at radius 3 is 2.04 bits per heavy atom. The van der Waals surface area contributed by atoms with Gasteiger partial charge in [0.2, 0.25) is 0 Å². The number of imide groups is 1. The first kappa shape index (κ1) is 16.9. The van der Waals surface area contributed by atoms with Crippen LogP contribution in [0.5, 0.6) is 0 Å². The molecule has 2 atom stereocenters. The highest BCUT2D eigenvalue weighted by atomic mass is 16.7. The first-order valence-electron chi connectivity index (χ1n) is 8.60. The van der Waals surface area contributed by atoms with Gasteiger partial charge in [0.15, 0.2) is 0 Å². The molecule has 5 heteroatoms. The maximum atomic E-state index is 12.8. The van der Waals surface area contributed by atoms with E-state index in [1.165, 1.54) is 0 Å². The van der Waals surface area contributed by atoms with Crippen molar-refractivity contribution in [1.82, 2.24) is 5.06 Å². The molecular weight excluding hydrogens is 306 g/mol. The summed E-state index contributed by atoms with van der Waals surface area (Å²) in [5.74, 6) is -1.37. The maximum absolute atomic E-state index is 12.8. The summed E-state index contributed by atoms with van der Waals surface area (Å²) >= 11 is 0. The molecule has 3 aliphatic rings. The highest BCUT2D eigenvalue weighted by molar-refractivity contribution is 6.19. The number of carbonyl (C=O) groups excluding carboxylic acids is 3. The van der Waals surface area contributed by atoms with Gasteiger partial charge < -0.3 is 4.84 Å². The number of hydrogen-bond donors (Lipinski definition) is 0. The molecule has 1 saturated carbocycles. The number of hydrogen-bond acceptors (Lipinski definition) is 4. The monoisotopic (exact) mass is 331 g/mol. The molecule has 0 aromatic carbocycles. The minimum Gasteiger partial charge on any atom is -0.329 e. The molecule has 24 heavy (non-hydrogen) atoms. The molecule has 130 valence electrons. The van der Waals surface area contributed by atoms with Crippen LogP contribution in [0.4, 0.5) is 0 Å². The van der Waals surface area contributed by atoms with Crippen molar-refractivity contribution in [1.29, 1.82) is 0 Å². The van der Waals surface area contributed by atoms with Crippen LogP contribution >= 0.6 is 0 Å². The van der Waals surface area contributed by atoms with E-state index in [0.29, 0.717) is 29.1 Å². The smallest absolute Gasteiger partial charge is 0.329 e. The standard InChI is InChI=1S/C19H25NO4/c1-11(2)10-14-18(3,4)19(14,5)17(23)24-20-15(21)12-8-6-7-9-13(12)16(20)22/h10,14H,6-9H2,1-5H3. The van der Waals surface area contributed by atoms with Crippen LogP contribution in [0.25, 0.3) is 0 Å². The average molecular weight is 331 g/mol. The molecule has 3 rings (SSSR count). The fraction of sp³-hybridized carbons (Fsp3) is 0.632. The molecule has 0 N–H and O–H groups in total. The molecule has 0 radical (unpaired) electrons. The van der Waals surface area contributed by atoms with Crippen LogP contribution in [0.1, 0.15) is 60.3 Å². The van der Waals surface area contributed by atoms with Crippen molar-refractivity contribution in [2.24, 2.45) is 16.7 Å². The predicted octanol–water partition coefficient (Wildman–Crippen LogP) is 3.31. The third-order valence-electron chi connectivity index (χ3n) is 6.11. The highest BCUT2D eigenvalue weighted by Crippen LogP contribution is 2.70. The molecule has 2 amide bonds. The Hall–Kier alpha value is -1.91. The van der Waals surface area contributed by atoms with E-state index in [4.69, 9.17) is 4.84 Å². The second kappa shape index (κ2) is 5.30. The molecule has 1 fully saturated rings. The van der Waals surface area contributed by atoms with Gasteiger partial charge in [-0.25, -0.2) is 4.79 Å². The Bertz CT molecular complexity index is 668. The number of nitrogens with zero attached hydrogens (tertiary/aromatic N) is 1. The van der Waals surface area contributed by atoms with Crippen LogP contribution in [0.3, 0.4) is 0 Å². The number of rotatable bonds is 3. The van der Waals surface area contributed by atoms with Crippen molar-refractivity contribution < 1.29 is 19.2 Å². The van der Waals surface area contributed by atoms with Crippen LogP contribution in [-0.4, -0.2) is 22.8 Å². The molecule has 0 aromatic heterocycles. The van der Waals surface area contributed by atoms with Crippen LogP contribution in [0.15, 0.2) is 22.8 Å². The van der Waals surface area contributed by atoms with E-state index in [2.05, 4.69) is 6.08 Å². The fourth-order valence-electron chi connectivity index (χ4n) is 4.10. The van der Waals surface area contributed by atoms with Gasteiger partial charge in [-0.15, -0.1) is 0 Å². The van der Waals surface area contributed by atoms with Crippen LogP contribution in [-0.2, 0) is 19.2 Å². The van der Waals surface area contributed by atoms with E-state index in [0.717, 1.165) is 18.4 Å². The van der Waals surface area contributed by atoms with E-state index in [9.17, 15) is 14.4 Å². The highest BCUT2D eigenvalue weighted by Gasteiger charge is 2.73. The zero-order valence-corrected chi connectivity index (χ0v) is 15.1. The van der Waals surface area contributed by atoms with Crippen LogP contribution in [0, 0.1) is 16.7 Å². The van der Waals surface area contributed by atoms with E-state index < -0.39 is 23.2 Å². The summed E-state index contributed by atoms with van der Waals surface area (Å²) in [4.78, 5) is 42.9. The summed E-state index contributed by atoms with van der Waals surface area (Å²) in [6.45, 7) is 9.85. The largest absolute Gasteiger partial charge is 0.340 e. The molecule has 5 nitrogen and oxygen atoms in total. The lowest BCUT2D eigenvalue weighted by molar-refractivity contribution is -0.201. The van der Waals surface area contributed by atoms with Crippen molar-refractivity contribution in [2.45, 2.75) is 60.3 Å². The predicted molar refractivity (Wildman–Crippen MR) is 88.2 cm³/mol. The molecule has 0 spiro atoms. The zero-order chi connectivity index (χ0) is 17.9. The van der Waals surface area contributed by atoms with Gasteiger partial charge in [0, 0.05) is 11.1 Å². The average Bonchev–Trinajstić information content (AvgIpc) is 2.83. The third-order valence-corrected chi connectivity index (χ3v) is 6.11. The van der Waals surface area contributed by atoms with Crippen molar-refractivity contribution in [3.63, 3.8) is 0 Å². The summed E-state index contributed by atoms with van der Waals surface area (Å²) in [5.41, 5.74) is 1.20. The molecule has 0 saturated heterocycles. The second-order valence-corrected chi connectivity index (χ2v) is 8.09. The Labute approximate surface area is 142 Å². The Balaban J connectivity index is 1.78. The van der Waals surface area contributed by atoms with E-state index in [-0.39, 0.29) is 11.3 Å². The number of carbonyl (C=O) groups is 3. The quantitative estimate of drug-likeness (QED) is 0.588. The van der Waals surface area contributed by atoms with Crippen LogP contribution in [0.2, 0.25) is 0 Å². The van der Waals surface area contributed by atoms with Gasteiger partial charge in [0.25, 0.3) is 11.8 Å². The molecular formula is C19H25NO4. The summed E-state index contributed by atoms with van der Waals surface area (Å²) in [6, 6.07) is 0. The van der Waals surface area contributed by atoms with Gasteiger partial charge in [-0.05, 0) is 57.8 Å². The number of amides is 2. The lowest BCUT2D eigenvalue weighted by Crippen LogP contribution is -2.37. The Morgan fingerprint density at radius 1 is 1.08 bits per heavy atom. The van der Waals surface area contributed by atoms with Gasteiger partial charge in [-0.3, -0.25) is 9.59 Å². The molecule has 2 aliphatic carbocycles. The molecule has 1 aliphatic heterocycles. The van der Waals surface area contributed by atoms with E-state index in [1.807, 2.05) is 34.6 Å². The Morgan fingerprint density at radius 2 is 1.58 bits per heavy atom. The van der Waals surface area contributed by atoms with Gasteiger partial charge in [-0.2, -0.15) is 0 Å². The zero-order valence-electron chi connectivity index (χ0n) is 15.1. The third kappa shape index (κ3) is 2.17. The first-order chi connectivity index (χ1) is 11.1. The van der Waals surface area contributed by atoms with E-state index >= 15 is 0 Å². The van der Waals surface area contributed by atoms with E-state index in [1.54, 1.807) is 0 Å². The summed E-state index contributed by atoms with van der Waals surface area (Å²) in [5, 5.41) is 0.692. The van der Waals surface area contributed by atoms with Crippen molar-refractivity contribution >= 4 is 17.8 Å². The molecule has 0 bridgehead atoms. The topological polar surface area (TPSA) is 63.7 Å². The summed E-state index contributed by atoms with van der Waals surface area (Å²) < 4.78 is 0. The number of allylic oxidation sites excluding steroid dienone is 2. The summed E-state index contributed by atoms with van der Waals surface area (Å²) in [6.07, 6.45) is 5.05. The maximum Gasteiger partial charge on any atom is 0.340 e.